The molecule has 0 aliphatic heterocycles. The Balaban J connectivity index is 1.85. The number of hydrogen-bond acceptors (Lipinski definition) is 2. The summed E-state index contributed by atoms with van der Waals surface area (Å²) < 4.78 is 13.7. The van der Waals surface area contributed by atoms with Gasteiger partial charge in [0.2, 0.25) is 5.91 Å². The molecular formula is C15H12BrFN2O. The molecule has 0 aromatic heterocycles. The average molecular weight is 335 g/mol. The first-order chi connectivity index (χ1) is 9.63. The predicted molar refractivity (Wildman–Crippen MR) is 80.0 cm³/mol. The molecule has 20 heavy (non-hydrogen) atoms. The maximum absolute atomic E-state index is 12.7. The molecule has 1 N–H and O–H groups in total. The highest BCUT2D eigenvalue weighted by Crippen LogP contribution is 2.10. The Morgan fingerprint density at radius 1 is 1.15 bits per heavy atom. The van der Waals surface area contributed by atoms with Crippen LogP contribution < -0.4 is 5.43 Å². The molecule has 0 bridgehead atoms. The molecule has 2 rings (SSSR count). The first-order valence-corrected chi connectivity index (χ1v) is 6.75. The van der Waals surface area contributed by atoms with E-state index in [1.807, 2.05) is 24.3 Å². The lowest BCUT2D eigenvalue weighted by molar-refractivity contribution is -0.120. The van der Waals surface area contributed by atoms with Crippen molar-refractivity contribution >= 4 is 28.1 Å². The Bertz CT molecular complexity index is 609. The molecule has 0 radical (unpaired) electrons. The largest absolute Gasteiger partial charge is 0.273 e. The minimum Gasteiger partial charge on any atom is -0.273 e. The van der Waals surface area contributed by atoms with Gasteiger partial charge in [-0.15, -0.1) is 0 Å². The van der Waals surface area contributed by atoms with E-state index in [-0.39, 0.29) is 18.1 Å². The highest BCUT2D eigenvalue weighted by atomic mass is 79.9. The number of hydrazone groups is 1. The Kier molecular flexibility index (Phi) is 5.01. The standard InChI is InChI=1S/C15H12BrFN2O/c16-13-5-1-11(2-6-13)9-15(20)19-18-10-12-3-7-14(17)8-4-12/h1-8,10H,9H2,(H,19,20). The number of nitrogens with zero attached hydrogens (tertiary/aromatic N) is 1. The van der Waals surface area contributed by atoms with E-state index in [0.717, 1.165) is 15.6 Å². The van der Waals surface area contributed by atoms with Crippen molar-refractivity contribution in [1.29, 1.82) is 0 Å². The molecule has 0 saturated carbocycles. The van der Waals surface area contributed by atoms with Gasteiger partial charge in [0, 0.05) is 4.47 Å². The number of halogens is 2. The summed E-state index contributed by atoms with van der Waals surface area (Å²) in [5.74, 6) is -0.507. The maximum atomic E-state index is 12.7. The van der Waals surface area contributed by atoms with Crippen molar-refractivity contribution in [3.8, 4) is 0 Å². The SMILES string of the molecule is O=C(Cc1ccc(Br)cc1)NN=Cc1ccc(F)cc1. The van der Waals surface area contributed by atoms with Crippen LogP contribution in [0.3, 0.4) is 0 Å². The smallest absolute Gasteiger partial charge is 0.244 e. The molecule has 0 unspecified atom stereocenters. The summed E-state index contributed by atoms with van der Waals surface area (Å²) in [5.41, 5.74) is 4.06. The van der Waals surface area contributed by atoms with E-state index >= 15 is 0 Å². The summed E-state index contributed by atoms with van der Waals surface area (Å²) >= 11 is 3.33. The number of rotatable bonds is 4. The van der Waals surface area contributed by atoms with Crippen LogP contribution in [-0.4, -0.2) is 12.1 Å². The number of amides is 1. The molecule has 102 valence electrons. The fourth-order valence-corrected chi connectivity index (χ4v) is 1.82. The number of carbonyl (C=O) groups excluding carboxylic acids is 1. The van der Waals surface area contributed by atoms with Gasteiger partial charge in [-0.25, -0.2) is 9.82 Å². The molecule has 1 amide bonds. The van der Waals surface area contributed by atoms with Gasteiger partial charge in [-0.05, 0) is 35.4 Å². The van der Waals surface area contributed by atoms with Gasteiger partial charge in [0.15, 0.2) is 0 Å². The molecule has 0 aliphatic carbocycles. The van der Waals surface area contributed by atoms with Crippen molar-refractivity contribution in [3.05, 3.63) is 69.9 Å². The second-order valence-electron chi connectivity index (χ2n) is 4.15. The fraction of sp³-hybridized carbons (Fsp3) is 0.0667. The van der Waals surface area contributed by atoms with Crippen molar-refractivity contribution in [2.45, 2.75) is 6.42 Å². The first kappa shape index (κ1) is 14.4. The van der Waals surface area contributed by atoms with Crippen LogP contribution in [0.25, 0.3) is 0 Å². The molecule has 0 fully saturated rings. The van der Waals surface area contributed by atoms with E-state index in [2.05, 4.69) is 26.5 Å². The summed E-state index contributed by atoms with van der Waals surface area (Å²) in [6.07, 6.45) is 1.73. The number of benzene rings is 2. The van der Waals surface area contributed by atoms with E-state index < -0.39 is 0 Å². The van der Waals surface area contributed by atoms with Crippen LogP contribution in [0.4, 0.5) is 4.39 Å². The molecule has 0 spiro atoms. The van der Waals surface area contributed by atoms with Crippen LogP contribution in [0.15, 0.2) is 58.1 Å². The van der Waals surface area contributed by atoms with E-state index in [4.69, 9.17) is 0 Å². The Morgan fingerprint density at radius 3 is 2.45 bits per heavy atom. The molecule has 0 aliphatic rings. The Morgan fingerprint density at radius 2 is 1.80 bits per heavy atom. The third-order valence-electron chi connectivity index (χ3n) is 2.55. The number of hydrogen-bond donors (Lipinski definition) is 1. The van der Waals surface area contributed by atoms with Crippen LogP contribution in [0.5, 0.6) is 0 Å². The van der Waals surface area contributed by atoms with E-state index in [1.165, 1.54) is 18.3 Å². The van der Waals surface area contributed by atoms with E-state index in [0.29, 0.717) is 0 Å². The van der Waals surface area contributed by atoms with Gasteiger partial charge in [0.1, 0.15) is 5.82 Å². The Labute approximate surface area is 124 Å². The molecule has 3 nitrogen and oxygen atoms in total. The highest BCUT2D eigenvalue weighted by molar-refractivity contribution is 9.10. The lowest BCUT2D eigenvalue weighted by Crippen LogP contribution is -2.19. The third kappa shape index (κ3) is 4.59. The van der Waals surface area contributed by atoms with Crippen LogP contribution >= 0.6 is 15.9 Å². The molecule has 5 heteroatoms. The highest BCUT2D eigenvalue weighted by Gasteiger charge is 2.01. The van der Waals surface area contributed by atoms with Gasteiger partial charge >= 0.3 is 0 Å². The summed E-state index contributed by atoms with van der Waals surface area (Å²) in [6, 6.07) is 13.3. The molecule has 0 atom stereocenters. The summed E-state index contributed by atoms with van der Waals surface area (Å²) in [4.78, 5) is 11.6. The molecule has 0 saturated heterocycles. The molecule has 2 aromatic rings. The van der Waals surface area contributed by atoms with Crippen LogP contribution in [0.1, 0.15) is 11.1 Å². The lowest BCUT2D eigenvalue weighted by atomic mass is 10.1. The first-order valence-electron chi connectivity index (χ1n) is 5.95. The number of nitrogens with one attached hydrogen (secondary N) is 1. The quantitative estimate of drug-likeness (QED) is 0.676. The summed E-state index contributed by atoms with van der Waals surface area (Å²) in [7, 11) is 0. The van der Waals surface area contributed by atoms with Gasteiger partial charge in [0.25, 0.3) is 0 Å². The van der Waals surface area contributed by atoms with Gasteiger partial charge in [-0.2, -0.15) is 5.10 Å². The molecular weight excluding hydrogens is 323 g/mol. The zero-order chi connectivity index (χ0) is 14.4. The van der Waals surface area contributed by atoms with Crippen molar-refractivity contribution in [1.82, 2.24) is 5.43 Å². The van der Waals surface area contributed by atoms with Crippen LogP contribution in [-0.2, 0) is 11.2 Å². The van der Waals surface area contributed by atoms with Gasteiger partial charge in [-0.3, -0.25) is 4.79 Å². The maximum Gasteiger partial charge on any atom is 0.244 e. The summed E-state index contributed by atoms with van der Waals surface area (Å²) in [6.45, 7) is 0. The van der Waals surface area contributed by atoms with E-state index in [1.54, 1.807) is 12.1 Å². The topological polar surface area (TPSA) is 41.5 Å². The Hall–Kier alpha value is -2.01. The van der Waals surface area contributed by atoms with Gasteiger partial charge < -0.3 is 0 Å². The lowest BCUT2D eigenvalue weighted by Gasteiger charge is -2.00. The van der Waals surface area contributed by atoms with Gasteiger partial charge in [0.05, 0.1) is 12.6 Å². The minimum atomic E-state index is -0.304. The molecule has 2 aromatic carbocycles. The van der Waals surface area contributed by atoms with Crippen LogP contribution in [0.2, 0.25) is 0 Å². The van der Waals surface area contributed by atoms with Crippen molar-refractivity contribution in [2.75, 3.05) is 0 Å². The summed E-state index contributed by atoms with van der Waals surface area (Å²) in [5, 5.41) is 3.83. The van der Waals surface area contributed by atoms with Crippen molar-refractivity contribution in [3.63, 3.8) is 0 Å². The predicted octanol–water partition coefficient (Wildman–Crippen LogP) is 3.28. The zero-order valence-corrected chi connectivity index (χ0v) is 12.1. The fourth-order valence-electron chi connectivity index (χ4n) is 1.55. The number of carbonyl (C=O) groups is 1. The third-order valence-corrected chi connectivity index (χ3v) is 3.08. The second-order valence-corrected chi connectivity index (χ2v) is 5.06. The second kappa shape index (κ2) is 6.96. The molecule has 0 heterocycles. The monoisotopic (exact) mass is 334 g/mol. The minimum absolute atomic E-state index is 0.203. The van der Waals surface area contributed by atoms with Gasteiger partial charge in [-0.1, -0.05) is 40.2 Å². The van der Waals surface area contributed by atoms with E-state index in [9.17, 15) is 9.18 Å². The zero-order valence-electron chi connectivity index (χ0n) is 10.5. The normalized spacial score (nSPS) is 10.7. The van der Waals surface area contributed by atoms with Crippen molar-refractivity contribution in [2.24, 2.45) is 5.10 Å². The average Bonchev–Trinajstić information content (AvgIpc) is 2.44. The van der Waals surface area contributed by atoms with Crippen molar-refractivity contribution < 1.29 is 9.18 Å². The van der Waals surface area contributed by atoms with Crippen LogP contribution in [0, 0.1) is 5.82 Å².